The third-order valence-corrected chi connectivity index (χ3v) is 3.44. The van der Waals surface area contributed by atoms with E-state index < -0.39 is 5.97 Å². The molecule has 1 rings (SSSR count). The van der Waals surface area contributed by atoms with E-state index in [9.17, 15) is 9.59 Å². The minimum Gasteiger partial charge on any atom is -0.481 e. The van der Waals surface area contributed by atoms with Crippen molar-refractivity contribution >= 4 is 23.5 Å². The molecule has 0 bridgehead atoms. The van der Waals surface area contributed by atoms with Crippen molar-refractivity contribution in [1.82, 2.24) is 0 Å². The summed E-state index contributed by atoms with van der Waals surface area (Å²) in [5.74, 6) is -0.892. The molecule has 18 heavy (non-hydrogen) atoms. The summed E-state index contributed by atoms with van der Waals surface area (Å²) in [6.07, 6.45) is 0.591. The number of ketones is 1. The zero-order valence-electron chi connectivity index (χ0n) is 11.1. The van der Waals surface area contributed by atoms with E-state index in [4.69, 9.17) is 5.11 Å². The van der Waals surface area contributed by atoms with Crippen LogP contribution in [0, 0.1) is 0 Å². The minimum absolute atomic E-state index is 0.0232. The van der Waals surface area contributed by atoms with Gasteiger partial charge in [-0.15, -0.1) is 11.8 Å². The van der Waals surface area contributed by atoms with Crippen LogP contribution in [0.1, 0.15) is 26.3 Å². The molecule has 0 radical (unpaired) electrons. The summed E-state index contributed by atoms with van der Waals surface area (Å²) in [6, 6.07) is 9.62. The summed E-state index contributed by atoms with van der Waals surface area (Å²) in [4.78, 5) is 21.8. The van der Waals surface area contributed by atoms with Crippen LogP contribution in [0.4, 0.5) is 0 Å². The summed E-state index contributed by atoms with van der Waals surface area (Å²) < 4.78 is 0. The summed E-state index contributed by atoms with van der Waals surface area (Å²) >= 11 is 1.18. The fraction of sp³-hybridized carbons (Fsp3) is 0.429. The number of benzene rings is 1. The predicted octanol–water partition coefficient (Wildman–Crippen LogP) is 3.03. The summed E-state index contributed by atoms with van der Waals surface area (Å²) in [7, 11) is 0. The van der Waals surface area contributed by atoms with Gasteiger partial charge in [0.25, 0.3) is 0 Å². The Morgan fingerprint density at radius 3 is 2.22 bits per heavy atom. The Labute approximate surface area is 113 Å². The van der Waals surface area contributed by atoms with Gasteiger partial charge in [-0.2, -0.15) is 0 Å². The van der Waals surface area contributed by atoms with Crippen LogP contribution < -0.4 is 0 Å². The van der Waals surface area contributed by atoms with Gasteiger partial charge < -0.3 is 5.11 Å². The van der Waals surface area contributed by atoms with E-state index in [0.29, 0.717) is 6.42 Å². The average Bonchev–Trinajstić information content (AvgIpc) is 2.37. The highest BCUT2D eigenvalue weighted by atomic mass is 32.2. The lowest BCUT2D eigenvalue weighted by Gasteiger charge is -2.11. The zero-order chi connectivity index (χ0) is 14.0. The largest absolute Gasteiger partial charge is 0.481 e. The molecule has 0 saturated heterocycles. The quantitative estimate of drug-likeness (QED) is 0.861. The molecule has 0 aliphatic carbocycles. The first-order valence-electron chi connectivity index (χ1n) is 5.97. The lowest BCUT2D eigenvalue weighted by Crippen LogP contribution is -2.19. The molecule has 1 aromatic carbocycles. The number of carboxylic acid groups (broad SMARTS) is 1. The number of carbonyl (C=O) groups is 2. The number of hydrogen-bond donors (Lipinski definition) is 1. The monoisotopic (exact) mass is 268 g/mol. The number of carboxylic acids is 1. The van der Waals surface area contributed by atoms with Gasteiger partial charge in [-0.1, -0.05) is 44.2 Å². The Morgan fingerprint density at radius 1 is 1.22 bits per heavy atom. The maximum atomic E-state index is 11.3. The molecule has 3 nitrogen and oxygen atoms in total. The first kappa shape index (κ1) is 16.7. The molecule has 1 unspecified atom stereocenters. The van der Waals surface area contributed by atoms with Crippen molar-refractivity contribution in [1.29, 1.82) is 0 Å². The highest BCUT2D eigenvalue weighted by molar-refractivity contribution is 8.01. The zero-order valence-corrected chi connectivity index (χ0v) is 11.9. The molecule has 0 saturated carbocycles. The van der Waals surface area contributed by atoms with Crippen molar-refractivity contribution in [2.75, 3.05) is 5.75 Å². The first-order chi connectivity index (χ1) is 8.59. The smallest absolute Gasteiger partial charge is 0.313 e. The second-order valence-corrected chi connectivity index (χ2v) is 4.68. The molecule has 0 amide bonds. The Bertz CT molecular complexity index is 363. The van der Waals surface area contributed by atoms with Crippen molar-refractivity contribution in [2.45, 2.75) is 32.4 Å². The van der Waals surface area contributed by atoms with E-state index in [0.717, 1.165) is 5.56 Å². The van der Waals surface area contributed by atoms with Crippen LogP contribution in [-0.2, 0) is 16.0 Å². The number of Topliss-reactive ketones (excluding diaryl/α,β-unsaturated/α-hetero) is 1. The molecule has 4 heteroatoms. The van der Waals surface area contributed by atoms with Gasteiger partial charge in [-0.3, -0.25) is 9.59 Å². The molecule has 1 atom stereocenters. The normalized spacial score (nSPS) is 11.1. The SMILES string of the molecule is CC.CC(=O)C(Cc1ccccc1)SCC(=O)O. The van der Waals surface area contributed by atoms with E-state index >= 15 is 0 Å². The van der Waals surface area contributed by atoms with Gasteiger partial charge in [0.1, 0.15) is 5.78 Å². The molecule has 0 aliphatic heterocycles. The average molecular weight is 268 g/mol. The van der Waals surface area contributed by atoms with E-state index in [2.05, 4.69) is 0 Å². The maximum Gasteiger partial charge on any atom is 0.313 e. The van der Waals surface area contributed by atoms with Gasteiger partial charge in [-0.25, -0.2) is 0 Å². The second-order valence-electron chi connectivity index (χ2n) is 3.49. The standard InChI is InChI=1S/C12H14O3S.C2H6/c1-9(13)11(16-8-12(14)15)7-10-5-3-2-4-6-10;1-2/h2-6,11H,7-8H2,1H3,(H,14,15);1-2H3. The molecular formula is C14H20O3S. The highest BCUT2D eigenvalue weighted by Crippen LogP contribution is 2.17. The molecule has 0 spiro atoms. The van der Waals surface area contributed by atoms with Crippen LogP contribution in [0.25, 0.3) is 0 Å². The Kier molecular flexibility index (Phi) is 9.01. The molecule has 0 aromatic heterocycles. The fourth-order valence-corrected chi connectivity index (χ4v) is 2.21. The Morgan fingerprint density at radius 2 is 1.78 bits per heavy atom. The highest BCUT2D eigenvalue weighted by Gasteiger charge is 2.16. The molecule has 100 valence electrons. The van der Waals surface area contributed by atoms with Crippen molar-refractivity contribution in [3.63, 3.8) is 0 Å². The lowest BCUT2D eigenvalue weighted by molar-refractivity contribution is -0.133. The van der Waals surface area contributed by atoms with E-state index in [1.165, 1.54) is 18.7 Å². The topological polar surface area (TPSA) is 54.4 Å². The van der Waals surface area contributed by atoms with Crippen molar-refractivity contribution < 1.29 is 14.7 Å². The predicted molar refractivity (Wildman–Crippen MR) is 76.1 cm³/mol. The van der Waals surface area contributed by atoms with Crippen molar-refractivity contribution in [2.24, 2.45) is 0 Å². The lowest BCUT2D eigenvalue weighted by atomic mass is 10.1. The van der Waals surface area contributed by atoms with Crippen LogP contribution in [-0.4, -0.2) is 27.9 Å². The molecule has 0 aliphatic rings. The maximum absolute atomic E-state index is 11.3. The summed E-state index contributed by atoms with van der Waals surface area (Å²) in [5.41, 5.74) is 1.06. The van der Waals surface area contributed by atoms with Crippen molar-refractivity contribution in [3.8, 4) is 0 Å². The Balaban J connectivity index is 0.00000137. The van der Waals surface area contributed by atoms with Crippen LogP contribution in [0.2, 0.25) is 0 Å². The third kappa shape index (κ3) is 7.12. The van der Waals surface area contributed by atoms with Gasteiger partial charge in [0.2, 0.25) is 0 Å². The number of aliphatic carboxylic acids is 1. The van der Waals surface area contributed by atoms with E-state index in [1.807, 2.05) is 44.2 Å². The summed E-state index contributed by atoms with van der Waals surface area (Å²) in [5, 5.41) is 8.31. The summed E-state index contributed by atoms with van der Waals surface area (Å²) in [6.45, 7) is 5.50. The molecule has 1 aromatic rings. The van der Waals surface area contributed by atoms with Gasteiger partial charge >= 0.3 is 5.97 Å². The van der Waals surface area contributed by atoms with Crippen LogP contribution in [0.5, 0.6) is 0 Å². The van der Waals surface area contributed by atoms with E-state index in [-0.39, 0.29) is 16.8 Å². The molecule has 0 fully saturated rings. The van der Waals surface area contributed by atoms with Crippen LogP contribution in [0.3, 0.4) is 0 Å². The minimum atomic E-state index is -0.885. The third-order valence-electron chi connectivity index (χ3n) is 2.13. The number of rotatable bonds is 6. The second kappa shape index (κ2) is 9.71. The van der Waals surface area contributed by atoms with E-state index in [1.54, 1.807) is 0 Å². The van der Waals surface area contributed by atoms with Crippen molar-refractivity contribution in [3.05, 3.63) is 35.9 Å². The fourth-order valence-electron chi connectivity index (χ4n) is 1.32. The number of hydrogen-bond acceptors (Lipinski definition) is 3. The first-order valence-corrected chi connectivity index (χ1v) is 7.02. The van der Waals surface area contributed by atoms with Gasteiger partial charge in [0, 0.05) is 0 Å². The van der Waals surface area contributed by atoms with Crippen LogP contribution in [0.15, 0.2) is 30.3 Å². The van der Waals surface area contributed by atoms with Crippen LogP contribution >= 0.6 is 11.8 Å². The molecule has 1 N–H and O–H groups in total. The molecular weight excluding hydrogens is 248 g/mol. The van der Waals surface area contributed by atoms with Gasteiger partial charge in [0.15, 0.2) is 0 Å². The Hall–Kier alpha value is -1.29. The van der Waals surface area contributed by atoms with Gasteiger partial charge in [-0.05, 0) is 18.9 Å². The molecule has 0 heterocycles. The van der Waals surface area contributed by atoms with Gasteiger partial charge in [0.05, 0.1) is 11.0 Å². The number of carbonyl (C=O) groups excluding carboxylic acids is 1. The number of thioether (sulfide) groups is 1.